The zero-order chi connectivity index (χ0) is 21.8. The number of nitrogens with zero attached hydrogens (tertiary/aromatic N) is 3. The lowest BCUT2D eigenvalue weighted by molar-refractivity contribution is -0.117. The lowest BCUT2D eigenvalue weighted by Gasteiger charge is -2.11. The molecule has 6 nitrogen and oxygen atoms in total. The lowest BCUT2D eigenvalue weighted by Crippen LogP contribution is -2.29. The molecule has 4 aromatic rings. The molecule has 0 unspecified atom stereocenters. The van der Waals surface area contributed by atoms with Crippen LogP contribution in [0.5, 0.6) is 0 Å². The number of thiazole rings is 1. The van der Waals surface area contributed by atoms with E-state index in [2.05, 4.69) is 15.4 Å². The predicted octanol–water partition coefficient (Wildman–Crippen LogP) is 4.77. The van der Waals surface area contributed by atoms with Crippen LogP contribution in [0.4, 0.5) is 5.69 Å². The summed E-state index contributed by atoms with van der Waals surface area (Å²) >= 11 is 3.20. The van der Waals surface area contributed by atoms with E-state index in [1.165, 1.54) is 10.7 Å². The molecule has 0 aliphatic rings. The summed E-state index contributed by atoms with van der Waals surface area (Å²) in [5, 5.41) is 9.24. The van der Waals surface area contributed by atoms with Gasteiger partial charge in [-0.1, -0.05) is 42.1 Å². The van der Waals surface area contributed by atoms with Crippen LogP contribution < -0.4 is 10.9 Å². The molecule has 31 heavy (non-hydrogen) atoms. The zero-order valence-corrected chi connectivity index (χ0v) is 18.7. The maximum absolute atomic E-state index is 12.6. The van der Waals surface area contributed by atoms with Crippen molar-refractivity contribution in [3.63, 3.8) is 0 Å². The summed E-state index contributed by atoms with van der Waals surface area (Å²) < 4.78 is 2.17. The van der Waals surface area contributed by atoms with Crippen molar-refractivity contribution in [3.8, 4) is 11.3 Å². The molecule has 156 valence electrons. The summed E-state index contributed by atoms with van der Waals surface area (Å²) in [6, 6.07) is 18.5. The Bertz CT molecular complexity index is 1280. The van der Waals surface area contributed by atoms with Gasteiger partial charge in [0.25, 0.3) is 5.56 Å². The maximum Gasteiger partial charge on any atom is 0.267 e. The van der Waals surface area contributed by atoms with E-state index in [0.717, 1.165) is 26.1 Å². The first-order valence-corrected chi connectivity index (χ1v) is 11.3. The molecular weight excluding hydrogens is 428 g/mol. The number of rotatable bonds is 6. The van der Waals surface area contributed by atoms with Gasteiger partial charge in [-0.15, -0.1) is 11.3 Å². The van der Waals surface area contributed by atoms with Crippen LogP contribution in [0.2, 0.25) is 0 Å². The van der Waals surface area contributed by atoms with Crippen molar-refractivity contribution in [2.45, 2.75) is 29.6 Å². The molecule has 0 fully saturated rings. The molecule has 2 heterocycles. The molecule has 1 N–H and O–H groups in total. The number of carbonyl (C=O) groups is 1. The van der Waals surface area contributed by atoms with E-state index in [0.29, 0.717) is 11.4 Å². The van der Waals surface area contributed by atoms with Gasteiger partial charge in [0.1, 0.15) is 6.54 Å². The highest BCUT2D eigenvalue weighted by Gasteiger charge is 2.11. The SMILES string of the molecule is Cc1csc(Sc2ccc(NC(=O)Cn3nc(-c4ccccc4)ccc3=O)c(C)c2)n1. The third-order valence-corrected chi connectivity index (χ3v) is 6.55. The number of aryl methyl sites for hydroxylation is 2. The fourth-order valence-electron chi connectivity index (χ4n) is 2.97. The Morgan fingerprint density at radius 3 is 2.61 bits per heavy atom. The maximum atomic E-state index is 12.6. The van der Waals surface area contributed by atoms with Gasteiger partial charge < -0.3 is 5.32 Å². The number of carbonyl (C=O) groups excluding carboxylic acids is 1. The number of hydrogen-bond donors (Lipinski definition) is 1. The van der Waals surface area contributed by atoms with E-state index in [-0.39, 0.29) is 18.0 Å². The number of hydrogen-bond acceptors (Lipinski definition) is 6. The van der Waals surface area contributed by atoms with Gasteiger partial charge in [-0.25, -0.2) is 9.67 Å². The summed E-state index contributed by atoms with van der Waals surface area (Å²) in [6.07, 6.45) is 0. The van der Waals surface area contributed by atoms with Gasteiger partial charge in [-0.3, -0.25) is 9.59 Å². The number of nitrogens with one attached hydrogen (secondary N) is 1. The Labute approximate surface area is 188 Å². The zero-order valence-electron chi connectivity index (χ0n) is 17.0. The first-order chi connectivity index (χ1) is 15.0. The van der Waals surface area contributed by atoms with Gasteiger partial charge in [0, 0.05) is 33.3 Å². The van der Waals surface area contributed by atoms with Gasteiger partial charge >= 0.3 is 0 Å². The van der Waals surface area contributed by atoms with E-state index in [9.17, 15) is 9.59 Å². The molecule has 0 spiro atoms. The Morgan fingerprint density at radius 1 is 1.10 bits per heavy atom. The minimum absolute atomic E-state index is 0.159. The second kappa shape index (κ2) is 9.28. The third kappa shape index (κ3) is 5.28. The standard InChI is InChI=1S/C23H20N4O2S2/c1-15-12-18(31-23-24-16(2)14-30-23)8-9-19(15)25-21(28)13-27-22(29)11-10-20(26-27)17-6-4-3-5-7-17/h3-12,14H,13H2,1-2H3,(H,25,28). The molecule has 2 aromatic heterocycles. The molecule has 0 saturated heterocycles. The lowest BCUT2D eigenvalue weighted by atomic mass is 10.1. The molecule has 1 amide bonds. The fourth-order valence-corrected chi connectivity index (χ4v) is 4.88. The first kappa shape index (κ1) is 21.0. The van der Waals surface area contributed by atoms with Gasteiger partial charge in [0.05, 0.1) is 5.69 Å². The normalized spacial score (nSPS) is 10.8. The van der Waals surface area contributed by atoms with Gasteiger partial charge in [0.2, 0.25) is 5.91 Å². The van der Waals surface area contributed by atoms with E-state index < -0.39 is 0 Å². The number of aromatic nitrogens is 3. The summed E-state index contributed by atoms with van der Waals surface area (Å²) in [6.45, 7) is 3.75. The van der Waals surface area contributed by atoms with Crippen molar-refractivity contribution in [1.29, 1.82) is 0 Å². The van der Waals surface area contributed by atoms with Crippen molar-refractivity contribution in [3.05, 3.63) is 87.7 Å². The van der Waals surface area contributed by atoms with E-state index in [4.69, 9.17) is 0 Å². The van der Waals surface area contributed by atoms with Crippen LogP contribution in [0.3, 0.4) is 0 Å². The minimum Gasteiger partial charge on any atom is -0.324 e. The Balaban J connectivity index is 1.46. The van der Waals surface area contributed by atoms with Crippen molar-refractivity contribution in [1.82, 2.24) is 14.8 Å². The Morgan fingerprint density at radius 2 is 1.90 bits per heavy atom. The third-order valence-electron chi connectivity index (χ3n) is 4.50. The highest BCUT2D eigenvalue weighted by atomic mass is 32.2. The van der Waals surface area contributed by atoms with Crippen LogP contribution in [0.25, 0.3) is 11.3 Å². The van der Waals surface area contributed by atoms with E-state index in [1.54, 1.807) is 29.2 Å². The molecule has 0 atom stereocenters. The van der Waals surface area contributed by atoms with Crippen molar-refractivity contribution in [2.75, 3.05) is 5.32 Å². The van der Waals surface area contributed by atoms with Gasteiger partial charge in [-0.05, 0) is 43.7 Å². The topological polar surface area (TPSA) is 76.9 Å². The number of anilines is 1. The largest absolute Gasteiger partial charge is 0.324 e. The van der Waals surface area contributed by atoms with Gasteiger partial charge in [-0.2, -0.15) is 5.10 Å². The van der Waals surface area contributed by atoms with Crippen molar-refractivity contribution in [2.24, 2.45) is 0 Å². The molecule has 0 aliphatic carbocycles. The van der Waals surface area contributed by atoms with Gasteiger partial charge in [0.15, 0.2) is 4.34 Å². The van der Waals surface area contributed by atoms with Crippen LogP contribution >= 0.6 is 23.1 Å². The van der Waals surface area contributed by atoms with Crippen LogP contribution in [-0.2, 0) is 11.3 Å². The Hall–Kier alpha value is -3.23. The summed E-state index contributed by atoms with van der Waals surface area (Å²) in [5.41, 5.74) is 3.85. The predicted molar refractivity (Wildman–Crippen MR) is 125 cm³/mol. The smallest absolute Gasteiger partial charge is 0.267 e. The Kier molecular flexibility index (Phi) is 6.29. The molecule has 4 rings (SSSR count). The minimum atomic E-state index is -0.322. The molecule has 2 aromatic carbocycles. The second-order valence-corrected chi connectivity index (χ2v) is 9.14. The monoisotopic (exact) mass is 448 g/mol. The van der Waals surface area contributed by atoms with Crippen molar-refractivity contribution < 1.29 is 4.79 Å². The number of amides is 1. The fraction of sp³-hybridized carbons (Fsp3) is 0.130. The molecule has 0 saturated carbocycles. The molecule has 0 aliphatic heterocycles. The molecule has 0 radical (unpaired) electrons. The molecule has 8 heteroatoms. The summed E-state index contributed by atoms with van der Waals surface area (Å²) in [5.74, 6) is -0.307. The van der Waals surface area contributed by atoms with E-state index in [1.807, 2.05) is 67.8 Å². The van der Waals surface area contributed by atoms with Crippen LogP contribution in [0, 0.1) is 13.8 Å². The molecular formula is C23H20N4O2S2. The second-order valence-electron chi connectivity index (χ2n) is 6.96. The highest BCUT2D eigenvalue weighted by molar-refractivity contribution is 8.01. The quantitative estimate of drug-likeness (QED) is 0.460. The van der Waals surface area contributed by atoms with Crippen molar-refractivity contribution >= 4 is 34.7 Å². The number of benzene rings is 2. The average molecular weight is 449 g/mol. The van der Waals surface area contributed by atoms with E-state index >= 15 is 0 Å². The van der Waals surface area contributed by atoms with Crippen LogP contribution in [0.1, 0.15) is 11.3 Å². The summed E-state index contributed by atoms with van der Waals surface area (Å²) in [7, 11) is 0. The van der Waals surface area contributed by atoms with Crippen LogP contribution in [-0.4, -0.2) is 20.7 Å². The van der Waals surface area contributed by atoms with Crippen LogP contribution in [0.15, 0.2) is 80.1 Å². The highest BCUT2D eigenvalue weighted by Crippen LogP contribution is 2.32. The average Bonchev–Trinajstić information content (AvgIpc) is 3.17. The molecule has 0 bridgehead atoms. The first-order valence-electron chi connectivity index (χ1n) is 9.62. The summed E-state index contributed by atoms with van der Waals surface area (Å²) in [4.78, 5) is 30.3.